The van der Waals surface area contributed by atoms with E-state index < -0.39 is 0 Å². The van der Waals surface area contributed by atoms with E-state index in [0.29, 0.717) is 0 Å². The van der Waals surface area contributed by atoms with Gasteiger partial charge in [0.2, 0.25) is 0 Å². The fourth-order valence-electron chi connectivity index (χ4n) is 1.44. The fraction of sp³-hybridized carbons (Fsp3) is 1.00. The van der Waals surface area contributed by atoms with Gasteiger partial charge in [-0.15, -0.1) is 0 Å². The molecule has 15 heavy (non-hydrogen) atoms. The SMILES string of the molecule is CC(C)(C)C(N)B1OC(C)(C)C(C)(C)O1. The van der Waals surface area contributed by atoms with Crippen molar-refractivity contribution in [1.82, 2.24) is 0 Å². The Hall–Kier alpha value is -0.0551. The summed E-state index contributed by atoms with van der Waals surface area (Å²) in [6.45, 7) is 14.5. The molecule has 2 N–H and O–H groups in total. The fourth-order valence-corrected chi connectivity index (χ4v) is 1.44. The molecule has 0 aromatic heterocycles. The largest absolute Gasteiger partial charge is 0.476 e. The molecule has 4 heteroatoms. The number of hydrogen-bond acceptors (Lipinski definition) is 3. The van der Waals surface area contributed by atoms with E-state index in [1.165, 1.54) is 0 Å². The predicted molar refractivity (Wildman–Crippen MR) is 63.5 cm³/mol. The van der Waals surface area contributed by atoms with Gasteiger partial charge < -0.3 is 15.0 Å². The zero-order valence-electron chi connectivity index (χ0n) is 11.0. The van der Waals surface area contributed by atoms with E-state index in [4.69, 9.17) is 15.0 Å². The Morgan fingerprint density at radius 3 is 1.60 bits per heavy atom. The van der Waals surface area contributed by atoms with Crippen LogP contribution in [0.15, 0.2) is 0 Å². The van der Waals surface area contributed by atoms with Gasteiger partial charge in [0.05, 0.1) is 11.2 Å². The van der Waals surface area contributed by atoms with Crippen molar-refractivity contribution in [3.63, 3.8) is 0 Å². The summed E-state index contributed by atoms with van der Waals surface area (Å²) in [7, 11) is -0.310. The molecule has 88 valence electrons. The Kier molecular flexibility index (Phi) is 3.01. The van der Waals surface area contributed by atoms with Gasteiger partial charge in [0.25, 0.3) is 0 Å². The lowest BCUT2D eigenvalue weighted by Gasteiger charge is -2.32. The Morgan fingerprint density at radius 2 is 1.33 bits per heavy atom. The summed E-state index contributed by atoms with van der Waals surface area (Å²) in [4.78, 5) is 0. The van der Waals surface area contributed by atoms with Crippen LogP contribution in [0.25, 0.3) is 0 Å². The van der Waals surface area contributed by atoms with Gasteiger partial charge in [0.1, 0.15) is 0 Å². The summed E-state index contributed by atoms with van der Waals surface area (Å²) in [5.41, 5.74) is 5.55. The molecule has 1 fully saturated rings. The molecule has 0 spiro atoms. The molecule has 0 bridgehead atoms. The van der Waals surface area contributed by atoms with Crippen LogP contribution < -0.4 is 5.73 Å². The first-order valence-electron chi connectivity index (χ1n) is 5.58. The lowest BCUT2D eigenvalue weighted by molar-refractivity contribution is 0.00578. The highest BCUT2D eigenvalue weighted by Crippen LogP contribution is 2.39. The maximum atomic E-state index is 6.15. The molecule has 0 radical (unpaired) electrons. The van der Waals surface area contributed by atoms with Crippen LogP contribution in [0, 0.1) is 5.41 Å². The molecule has 3 nitrogen and oxygen atoms in total. The first-order valence-corrected chi connectivity index (χ1v) is 5.58. The lowest BCUT2D eigenvalue weighted by Crippen LogP contribution is -2.50. The molecule has 1 rings (SSSR count). The van der Waals surface area contributed by atoms with E-state index in [1.54, 1.807) is 0 Å². The van der Waals surface area contributed by atoms with E-state index in [9.17, 15) is 0 Å². The molecule has 1 unspecified atom stereocenters. The highest BCUT2D eigenvalue weighted by Gasteiger charge is 2.54. The molecule has 0 amide bonds. The van der Waals surface area contributed by atoms with Crippen LogP contribution in [0.1, 0.15) is 48.5 Å². The second kappa shape index (κ2) is 3.47. The van der Waals surface area contributed by atoms with Gasteiger partial charge >= 0.3 is 7.12 Å². The van der Waals surface area contributed by atoms with Gasteiger partial charge in [-0.25, -0.2) is 0 Å². The zero-order chi connectivity index (χ0) is 12.1. The summed E-state index contributed by atoms with van der Waals surface area (Å²) < 4.78 is 11.8. The Labute approximate surface area is 93.8 Å². The average Bonchev–Trinajstić information content (AvgIpc) is 2.18. The summed E-state index contributed by atoms with van der Waals surface area (Å²) in [5, 5.41) is 0. The van der Waals surface area contributed by atoms with E-state index in [1.807, 2.05) is 27.7 Å². The molecule has 1 heterocycles. The molecule has 1 atom stereocenters. The van der Waals surface area contributed by atoms with Crippen molar-refractivity contribution in [3.05, 3.63) is 0 Å². The van der Waals surface area contributed by atoms with Crippen molar-refractivity contribution in [1.29, 1.82) is 0 Å². The summed E-state index contributed by atoms with van der Waals surface area (Å²) in [6, 6.07) is 0. The predicted octanol–water partition coefficient (Wildman–Crippen LogP) is 1.99. The summed E-state index contributed by atoms with van der Waals surface area (Å²) in [6.07, 6.45) is 0. The van der Waals surface area contributed by atoms with Crippen molar-refractivity contribution in [2.24, 2.45) is 11.1 Å². The van der Waals surface area contributed by atoms with Crippen molar-refractivity contribution < 1.29 is 9.31 Å². The molecular formula is C11H24BNO2. The Balaban J connectivity index is 2.80. The molecule has 0 saturated carbocycles. The first kappa shape index (κ1) is 13.0. The molecule has 1 aliphatic heterocycles. The smallest absolute Gasteiger partial charge is 0.402 e. The maximum Gasteiger partial charge on any atom is 0.476 e. The van der Waals surface area contributed by atoms with Gasteiger partial charge in [-0.05, 0) is 33.1 Å². The van der Waals surface area contributed by atoms with Crippen molar-refractivity contribution in [2.75, 3.05) is 0 Å². The molecular weight excluding hydrogens is 189 g/mol. The van der Waals surface area contributed by atoms with E-state index >= 15 is 0 Å². The molecule has 1 saturated heterocycles. The molecule has 0 aromatic carbocycles. The van der Waals surface area contributed by atoms with Gasteiger partial charge in [0.15, 0.2) is 0 Å². The summed E-state index contributed by atoms with van der Waals surface area (Å²) in [5.74, 6) is -0.112. The second-order valence-corrected chi connectivity index (χ2v) is 6.52. The van der Waals surface area contributed by atoms with Crippen LogP contribution in [0.5, 0.6) is 0 Å². The van der Waals surface area contributed by atoms with Crippen LogP contribution in [0.2, 0.25) is 0 Å². The standard InChI is InChI=1S/C11H24BNO2/c1-9(2,3)8(13)12-14-10(4,5)11(6,7)15-12/h8H,13H2,1-7H3. The van der Waals surface area contributed by atoms with Crippen LogP contribution in [0.3, 0.4) is 0 Å². The van der Waals surface area contributed by atoms with Gasteiger partial charge in [-0.2, -0.15) is 0 Å². The van der Waals surface area contributed by atoms with Crippen LogP contribution in [-0.4, -0.2) is 24.3 Å². The van der Waals surface area contributed by atoms with E-state index in [-0.39, 0.29) is 29.7 Å². The third-order valence-corrected chi connectivity index (χ3v) is 3.56. The number of nitrogens with two attached hydrogens (primary N) is 1. The number of hydrogen-bond donors (Lipinski definition) is 1. The third-order valence-electron chi connectivity index (χ3n) is 3.56. The first-order chi connectivity index (χ1) is 6.47. The second-order valence-electron chi connectivity index (χ2n) is 6.52. The monoisotopic (exact) mass is 213 g/mol. The topological polar surface area (TPSA) is 44.5 Å². The molecule has 0 aromatic rings. The van der Waals surface area contributed by atoms with Gasteiger partial charge in [-0.1, -0.05) is 20.8 Å². The van der Waals surface area contributed by atoms with Crippen LogP contribution in [-0.2, 0) is 9.31 Å². The van der Waals surface area contributed by atoms with Crippen molar-refractivity contribution >= 4 is 7.12 Å². The highest BCUT2D eigenvalue weighted by atomic mass is 16.7. The molecule has 0 aliphatic carbocycles. The Bertz CT molecular complexity index is 229. The van der Waals surface area contributed by atoms with Gasteiger partial charge in [0, 0.05) is 5.94 Å². The zero-order valence-corrected chi connectivity index (χ0v) is 11.0. The Morgan fingerprint density at radius 1 is 1.00 bits per heavy atom. The lowest BCUT2D eigenvalue weighted by atomic mass is 9.65. The minimum absolute atomic E-state index is 0.0127. The van der Waals surface area contributed by atoms with Crippen LogP contribution >= 0.6 is 0 Å². The average molecular weight is 213 g/mol. The van der Waals surface area contributed by atoms with Gasteiger partial charge in [-0.3, -0.25) is 0 Å². The van der Waals surface area contributed by atoms with Crippen molar-refractivity contribution in [2.45, 2.75) is 65.6 Å². The summed E-state index contributed by atoms with van der Waals surface area (Å²) >= 11 is 0. The highest BCUT2D eigenvalue weighted by molar-refractivity contribution is 6.47. The minimum Gasteiger partial charge on any atom is -0.402 e. The third kappa shape index (κ3) is 2.37. The van der Waals surface area contributed by atoms with Crippen molar-refractivity contribution in [3.8, 4) is 0 Å². The quantitative estimate of drug-likeness (QED) is 0.677. The number of rotatable bonds is 1. The van der Waals surface area contributed by atoms with E-state index in [0.717, 1.165) is 0 Å². The maximum absolute atomic E-state index is 6.15. The van der Waals surface area contributed by atoms with E-state index in [2.05, 4.69) is 20.8 Å². The minimum atomic E-state index is -0.310. The van der Waals surface area contributed by atoms with Crippen LogP contribution in [0.4, 0.5) is 0 Å². The normalized spacial score (nSPS) is 26.8. The molecule has 1 aliphatic rings.